The molecule has 0 spiro atoms. The number of hydrogen-bond acceptors (Lipinski definition) is 1. The molecule has 1 rings (SSSR count). The van der Waals surface area contributed by atoms with Crippen LogP contribution in [0, 0.1) is 9.64 Å². The van der Waals surface area contributed by atoms with E-state index in [1.807, 2.05) is 18.2 Å². The van der Waals surface area contributed by atoms with Crippen LogP contribution in [0.5, 0.6) is 0 Å². The summed E-state index contributed by atoms with van der Waals surface area (Å²) < 4.78 is 1.19. The first-order valence-corrected chi connectivity index (χ1v) is 3.77. The third kappa shape index (κ3) is 1.66. The fourth-order valence-corrected chi connectivity index (χ4v) is 1.19. The quantitative estimate of drug-likeness (QED) is 0.730. The Balaban J connectivity index is 3.01. The minimum Gasteiger partial charge on any atom is -0.326 e. The van der Waals surface area contributed by atoms with Crippen LogP contribution in [0.3, 0.4) is 0 Å². The second-order valence-corrected chi connectivity index (χ2v) is 2.88. The van der Waals surface area contributed by atoms with Crippen molar-refractivity contribution in [2.75, 3.05) is 0 Å². The first kappa shape index (κ1) is 7.02. The normalized spacial score (nSPS) is 9.56. The summed E-state index contributed by atoms with van der Waals surface area (Å²) in [6, 6.07) is 8.77. The summed E-state index contributed by atoms with van der Waals surface area (Å²) in [6.07, 6.45) is 0. The van der Waals surface area contributed by atoms with Crippen molar-refractivity contribution in [3.8, 4) is 0 Å². The number of rotatable bonds is 1. The Morgan fingerprint density at radius 2 is 2.44 bits per heavy atom. The van der Waals surface area contributed by atoms with Crippen LogP contribution >= 0.6 is 22.6 Å². The Bertz CT molecular complexity index is 198. The topological polar surface area (TPSA) is 26.0 Å². The molecule has 0 amide bonds. The van der Waals surface area contributed by atoms with Crippen LogP contribution < -0.4 is 5.73 Å². The molecule has 1 nitrogen and oxygen atoms in total. The van der Waals surface area contributed by atoms with Crippen LogP contribution in [-0.2, 0) is 6.54 Å². The monoisotopic (exact) mass is 232 g/mol. The maximum Gasteiger partial charge on any atom is 0.0188 e. The third-order valence-corrected chi connectivity index (χ3v) is 2.12. The van der Waals surface area contributed by atoms with Crippen LogP contribution in [0.15, 0.2) is 18.2 Å². The van der Waals surface area contributed by atoms with Gasteiger partial charge < -0.3 is 5.73 Å². The molecule has 0 atom stereocenters. The molecule has 9 heavy (non-hydrogen) atoms. The lowest BCUT2D eigenvalue weighted by molar-refractivity contribution is 1.06. The van der Waals surface area contributed by atoms with Crippen LogP contribution in [0.25, 0.3) is 0 Å². The molecule has 2 N–H and O–H groups in total. The zero-order valence-corrected chi connectivity index (χ0v) is 7.05. The largest absolute Gasteiger partial charge is 0.326 e. The number of nitrogens with two attached hydrogens (primary N) is 1. The molecule has 0 bridgehead atoms. The first-order valence-electron chi connectivity index (χ1n) is 2.69. The molecule has 0 aliphatic carbocycles. The summed E-state index contributed by atoms with van der Waals surface area (Å²) in [5, 5.41) is 0. The van der Waals surface area contributed by atoms with Crippen LogP contribution in [0.4, 0.5) is 0 Å². The van der Waals surface area contributed by atoms with Gasteiger partial charge in [-0.3, -0.25) is 0 Å². The fourth-order valence-electron chi connectivity index (χ4n) is 0.608. The highest BCUT2D eigenvalue weighted by atomic mass is 127. The van der Waals surface area contributed by atoms with Gasteiger partial charge in [-0.2, -0.15) is 0 Å². The second-order valence-electron chi connectivity index (χ2n) is 1.72. The number of halogens is 1. The minimum absolute atomic E-state index is 0.618. The van der Waals surface area contributed by atoms with E-state index in [9.17, 15) is 0 Å². The number of benzene rings is 1. The molecular formula is C7H7IN. The van der Waals surface area contributed by atoms with E-state index < -0.39 is 0 Å². The van der Waals surface area contributed by atoms with E-state index in [-0.39, 0.29) is 0 Å². The van der Waals surface area contributed by atoms with Gasteiger partial charge in [-0.1, -0.05) is 12.1 Å². The van der Waals surface area contributed by atoms with Crippen molar-refractivity contribution >= 4 is 22.6 Å². The molecule has 0 saturated carbocycles. The average Bonchev–Trinajstić information content (AvgIpc) is 1.89. The molecule has 1 aromatic rings. The van der Waals surface area contributed by atoms with Crippen molar-refractivity contribution in [3.63, 3.8) is 0 Å². The van der Waals surface area contributed by atoms with Crippen molar-refractivity contribution in [2.24, 2.45) is 5.73 Å². The SMILES string of the molecule is NCc1cc[c]cc1I. The molecule has 0 heterocycles. The Labute approximate surface area is 68.4 Å². The molecule has 0 unspecified atom stereocenters. The Morgan fingerprint density at radius 3 is 2.89 bits per heavy atom. The van der Waals surface area contributed by atoms with Gasteiger partial charge in [0.1, 0.15) is 0 Å². The van der Waals surface area contributed by atoms with E-state index in [0.29, 0.717) is 6.54 Å². The Hall–Kier alpha value is -0.0900. The van der Waals surface area contributed by atoms with Gasteiger partial charge in [-0.15, -0.1) is 0 Å². The van der Waals surface area contributed by atoms with Gasteiger partial charge in [0.05, 0.1) is 0 Å². The van der Waals surface area contributed by atoms with E-state index >= 15 is 0 Å². The number of hydrogen-bond donors (Lipinski definition) is 1. The zero-order valence-electron chi connectivity index (χ0n) is 4.89. The van der Waals surface area contributed by atoms with Crippen molar-refractivity contribution in [3.05, 3.63) is 33.4 Å². The lowest BCUT2D eigenvalue weighted by Gasteiger charge is -1.96. The van der Waals surface area contributed by atoms with Crippen molar-refractivity contribution < 1.29 is 0 Å². The summed E-state index contributed by atoms with van der Waals surface area (Å²) in [6.45, 7) is 0.618. The smallest absolute Gasteiger partial charge is 0.0188 e. The highest BCUT2D eigenvalue weighted by Crippen LogP contribution is 2.08. The van der Waals surface area contributed by atoms with Crippen molar-refractivity contribution in [2.45, 2.75) is 6.54 Å². The van der Waals surface area contributed by atoms with Crippen molar-refractivity contribution in [1.29, 1.82) is 0 Å². The fraction of sp³-hybridized carbons (Fsp3) is 0.143. The summed E-state index contributed by atoms with van der Waals surface area (Å²) in [4.78, 5) is 0. The zero-order chi connectivity index (χ0) is 6.69. The second kappa shape index (κ2) is 3.17. The maximum absolute atomic E-state index is 5.43. The maximum atomic E-state index is 5.43. The Morgan fingerprint density at radius 1 is 1.67 bits per heavy atom. The molecular weight excluding hydrogens is 225 g/mol. The van der Waals surface area contributed by atoms with Crippen LogP contribution in [-0.4, -0.2) is 0 Å². The van der Waals surface area contributed by atoms with E-state index in [1.165, 1.54) is 9.13 Å². The highest BCUT2D eigenvalue weighted by Gasteiger charge is 1.91. The van der Waals surface area contributed by atoms with Crippen LogP contribution in [0.2, 0.25) is 0 Å². The predicted octanol–water partition coefficient (Wildman–Crippen LogP) is 1.55. The van der Waals surface area contributed by atoms with Gasteiger partial charge >= 0.3 is 0 Å². The van der Waals surface area contributed by atoms with Gasteiger partial charge in [0.25, 0.3) is 0 Å². The third-order valence-electron chi connectivity index (χ3n) is 1.12. The predicted molar refractivity (Wildman–Crippen MR) is 45.9 cm³/mol. The lowest BCUT2D eigenvalue weighted by Crippen LogP contribution is -1.97. The molecule has 2 heteroatoms. The summed E-state index contributed by atoms with van der Waals surface area (Å²) in [7, 11) is 0. The van der Waals surface area contributed by atoms with Crippen LogP contribution in [0.1, 0.15) is 5.56 Å². The summed E-state index contributed by atoms with van der Waals surface area (Å²) in [5.41, 5.74) is 6.62. The molecule has 0 aliphatic rings. The lowest BCUT2D eigenvalue weighted by atomic mass is 10.2. The molecule has 0 aromatic heterocycles. The molecule has 0 aliphatic heterocycles. The standard InChI is InChI=1S/C7H7IN/c8-7-4-2-1-3-6(7)5-9/h1,3-4H,5,9H2. The van der Waals surface area contributed by atoms with E-state index in [2.05, 4.69) is 28.7 Å². The molecule has 47 valence electrons. The molecule has 0 fully saturated rings. The van der Waals surface area contributed by atoms with Gasteiger partial charge in [0.2, 0.25) is 0 Å². The molecule has 0 saturated heterocycles. The van der Waals surface area contributed by atoms with Crippen molar-refractivity contribution in [1.82, 2.24) is 0 Å². The van der Waals surface area contributed by atoms with E-state index in [0.717, 1.165) is 0 Å². The van der Waals surface area contributed by atoms with Gasteiger partial charge in [0, 0.05) is 10.1 Å². The minimum atomic E-state index is 0.618. The van der Waals surface area contributed by atoms with Gasteiger partial charge in [0.15, 0.2) is 0 Å². The highest BCUT2D eigenvalue weighted by molar-refractivity contribution is 14.1. The first-order chi connectivity index (χ1) is 4.34. The Kier molecular flexibility index (Phi) is 2.48. The molecule has 1 radical (unpaired) electrons. The van der Waals surface area contributed by atoms with E-state index in [1.54, 1.807) is 0 Å². The van der Waals surface area contributed by atoms with Gasteiger partial charge in [-0.05, 0) is 40.3 Å². The van der Waals surface area contributed by atoms with E-state index in [4.69, 9.17) is 5.73 Å². The summed E-state index contributed by atoms with van der Waals surface area (Å²) >= 11 is 2.25. The summed E-state index contributed by atoms with van der Waals surface area (Å²) in [5.74, 6) is 0. The average molecular weight is 232 g/mol. The van der Waals surface area contributed by atoms with Gasteiger partial charge in [-0.25, -0.2) is 0 Å². The molecule has 1 aromatic carbocycles.